The van der Waals surface area contributed by atoms with Crippen molar-refractivity contribution in [2.75, 3.05) is 6.54 Å². The number of hydrogen-bond donors (Lipinski definition) is 1. The maximum Gasteiger partial charge on any atom is 0.240 e. The fourth-order valence-electron chi connectivity index (χ4n) is 1.77. The quantitative estimate of drug-likeness (QED) is 0.836. The first-order chi connectivity index (χ1) is 9.88. The van der Waals surface area contributed by atoms with Crippen LogP contribution in [0.5, 0.6) is 0 Å². The number of sulfonamides is 1. The molecule has 1 unspecified atom stereocenters. The van der Waals surface area contributed by atoms with Crippen molar-refractivity contribution >= 4 is 33.2 Å². The van der Waals surface area contributed by atoms with Crippen molar-refractivity contribution in [1.29, 1.82) is 0 Å². The van der Waals surface area contributed by atoms with Gasteiger partial charge in [-0.25, -0.2) is 13.1 Å². The molecule has 3 nitrogen and oxygen atoms in total. The summed E-state index contributed by atoms with van der Waals surface area (Å²) in [5.74, 6) is 0. The molecule has 0 radical (unpaired) electrons. The van der Waals surface area contributed by atoms with Crippen LogP contribution in [0.15, 0.2) is 53.4 Å². The van der Waals surface area contributed by atoms with E-state index in [0.717, 1.165) is 11.1 Å². The topological polar surface area (TPSA) is 46.2 Å². The van der Waals surface area contributed by atoms with Crippen molar-refractivity contribution in [3.05, 3.63) is 64.7 Å². The van der Waals surface area contributed by atoms with Crippen molar-refractivity contribution < 1.29 is 8.42 Å². The number of halogens is 2. The van der Waals surface area contributed by atoms with Crippen molar-refractivity contribution in [3.63, 3.8) is 0 Å². The van der Waals surface area contributed by atoms with Crippen molar-refractivity contribution in [2.45, 2.75) is 17.2 Å². The molecular formula is C15H15Cl2NO2S. The second-order valence-electron chi connectivity index (χ2n) is 4.68. The van der Waals surface area contributed by atoms with Gasteiger partial charge in [-0.3, -0.25) is 0 Å². The Morgan fingerprint density at radius 2 is 1.62 bits per heavy atom. The van der Waals surface area contributed by atoms with Gasteiger partial charge >= 0.3 is 0 Å². The monoisotopic (exact) mass is 343 g/mol. The normalized spacial score (nSPS) is 13.1. The highest BCUT2D eigenvalue weighted by atomic mass is 35.5. The Kier molecular flexibility index (Phi) is 5.27. The van der Waals surface area contributed by atoms with Crippen LogP contribution in [-0.4, -0.2) is 15.0 Å². The zero-order valence-corrected chi connectivity index (χ0v) is 13.7. The number of rotatable bonds is 5. The fraction of sp³-hybridized carbons (Fsp3) is 0.200. The Hall–Kier alpha value is -1.07. The van der Waals surface area contributed by atoms with Crippen LogP contribution in [-0.2, 0) is 10.0 Å². The van der Waals surface area contributed by atoms with Gasteiger partial charge in [0.05, 0.1) is 10.3 Å². The summed E-state index contributed by atoms with van der Waals surface area (Å²) in [6, 6.07) is 13.7. The molecule has 2 aromatic carbocycles. The number of benzene rings is 2. The minimum absolute atomic E-state index is 0.111. The lowest BCUT2D eigenvalue weighted by Crippen LogP contribution is -2.27. The fourth-order valence-corrected chi connectivity index (χ4v) is 3.26. The summed E-state index contributed by atoms with van der Waals surface area (Å²) < 4.78 is 26.8. The molecule has 0 aromatic heterocycles. The lowest BCUT2D eigenvalue weighted by atomic mass is 10.1. The van der Waals surface area contributed by atoms with Gasteiger partial charge in [-0.2, -0.15) is 0 Å². The van der Waals surface area contributed by atoms with E-state index in [1.165, 1.54) is 0 Å². The molecule has 0 aliphatic heterocycles. The molecule has 1 atom stereocenters. The summed E-state index contributed by atoms with van der Waals surface area (Å²) in [7, 11) is -3.55. The van der Waals surface area contributed by atoms with E-state index >= 15 is 0 Å². The Morgan fingerprint density at radius 3 is 2.19 bits per heavy atom. The average Bonchev–Trinajstić information content (AvgIpc) is 2.46. The zero-order valence-electron chi connectivity index (χ0n) is 11.4. The maximum atomic E-state index is 12.1. The molecule has 0 saturated heterocycles. The minimum Gasteiger partial charge on any atom is -0.209 e. The zero-order chi connectivity index (χ0) is 15.5. The van der Waals surface area contributed by atoms with Crippen LogP contribution in [0.25, 0.3) is 0 Å². The molecular weight excluding hydrogens is 329 g/mol. The third-order valence-corrected chi connectivity index (χ3v) is 5.11. The van der Waals surface area contributed by atoms with Gasteiger partial charge in [-0.1, -0.05) is 41.4 Å². The van der Waals surface area contributed by atoms with Crippen LogP contribution in [0, 0.1) is 6.92 Å². The van der Waals surface area contributed by atoms with Gasteiger partial charge in [0, 0.05) is 11.6 Å². The number of aryl methyl sites for hydroxylation is 1. The molecule has 0 bridgehead atoms. The van der Waals surface area contributed by atoms with Gasteiger partial charge in [0.1, 0.15) is 0 Å². The van der Waals surface area contributed by atoms with Gasteiger partial charge in [-0.15, -0.1) is 11.6 Å². The lowest BCUT2D eigenvalue weighted by Gasteiger charge is -2.12. The average molecular weight is 344 g/mol. The van der Waals surface area contributed by atoms with Gasteiger partial charge < -0.3 is 0 Å². The third kappa shape index (κ3) is 4.45. The molecule has 6 heteroatoms. The molecule has 0 aliphatic carbocycles. The van der Waals surface area contributed by atoms with Crippen molar-refractivity contribution in [2.24, 2.45) is 0 Å². The van der Waals surface area contributed by atoms with E-state index in [4.69, 9.17) is 23.2 Å². The van der Waals surface area contributed by atoms with E-state index < -0.39 is 15.4 Å². The molecule has 0 saturated carbocycles. The van der Waals surface area contributed by atoms with E-state index in [1.807, 2.05) is 6.92 Å². The highest BCUT2D eigenvalue weighted by molar-refractivity contribution is 7.89. The Morgan fingerprint density at radius 1 is 1.05 bits per heavy atom. The van der Waals surface area contributed by atoms with E-state index in [0.29, 0.717) is 5.02 Å². The molecule has 0 spiro atoms. The predicted octanol–water partition coefficient (Wildman–Crippen LogP) is 3.91. The molecule has 0 heterocycles. The van der Waals surface area contributed by atoms with Crippen molar-refractivity contribution in [1.82, 2.24) is 4.72 Å². The smallest absolute Gasteiger partial charge is 0.209 e. The maximum absolute atomic E-state index is 12.1. The van der Waals surface area contributed by atoms with Crippen LogP contribution in [0.3, 0.4) is 0 Å². The lowest BCUT2D eigenvalue weighted by molar-refractivity contribution is 0.581. The minimum atomic E-state index is -3.55. The van der Waals surface area contributed by atoms with E-state index in [1.54, 1.807) is 48.5 Å². The highest BCUT2D eigenvalue weighted by Gasteiger charge is 2.16. The summed E-state index contributed by atoms with van der Waals surface area (Å²) in [5.41, 5.74) is 1.82. The molecule has 21 heavy (non-hydrogen) atoms. The summed E-state index contributed by atoms with van der Waals surface area (Å²) in [6.45, 7) is 2.01. The van der Waals surface area contributed by atoms with E-state index in [2.05, 4.69) is 4.72 Å². The number of alkyl halides is 1. The first kappa shape index (κ1) is 16.3. The van der Waals surface area contributed by atoms with Crippen LogP contribution in [0.4, 0.5) is 0 Å². The first-order valence-corrected chi connectivity index (χ1v) is 8.64. The van der Waals surface area contributed by atoms with Gasteiger partial charge in [-0.05, 0) is 36.8 Å². The summed E-state index contributed by atoms with van der Waals surface area (Å²) in [6.07, 6.45) is 0. The Balaban J connectivity index is 2.04. The largest absolute Gasteiger partial charge is 0.240 e. The molecule has 2 aromatic rings. The highest BCUT2D eigenvalue weighted by Crippen LogP contribution is 2.22. The van der Waals surface area contributed by atoms with Gasteiger partial charge in [0.25, 0.3) is 0 Å². The first-order valence-electron chi connectivity index (χ1n) is 6.34. The molecule has 0 aliphatic rings. The van der Waals surface area contributed by atoms with E-state index in [9.17, 15) is 8.42 Å². The Labute approximate surface area is 135 Å². The summed E-state index contributed by atoms with van der Waals surface area (Å²) in [5, 5.41) is 0.158. The summed E-state index contributed by atoms with van der Waals surface area (Å²) >= 11 is 12.0. The van der Waals surface area contributed by atoms with Crippen LogP contribution in [0.2, 0.25) is 5.02 Å². The third-order valence-electron chi connectivity index (χ3n) is 3.02. The second kappa shape index (κ2) is 6.79. The van der Waals surface area contributed by atoms with Crippen LogP contribution < -0.4 is 4.72 Å². The standard InChI is InChI=1S/C15H15Cl2NO2S/c1-11-2-8-14(9-3-11)21(19,20)18-10-15(17)12-4-6-13(16)7-5-12/h2-9,15,18H,10H2,1H3. The molecule has 2 rings (SSSR count). The molecule has 1 N–H and O–H groups in total. The van der Waals surface area contributed by atoms with Crippen LogP contribution >= 0.6 is 23.2 Å². The SMILES string of the molecule is Cc1ccc(S(=O)(=O)NCC(Cl)c2ccc(Cl)cc2)cc1. The molecule has 112 valence electrons. The Bertz CT molecular complexity index is 697. The molecule has 0 fully saturated rings. The van der Waals surface area contributed by atoms with Crippen LogP contribution in [0.1, 0.15) is 16.5 Å². The van der Waals surface area contributed by atoms with Crippen molar-refractivity contribution in [3.8, 4) is 0 Å². The van der Waals surface area contributed by atoms with Gasteiger partial charge in [0.15, 0.2) is 0 Å². The predicted molar refractivity (Wildman–Crippen MR) is 86.4 cm³/mol. The van der Waals surface area contributed by atoms with Gasteiger partial charge in [0.2, 0.25) is 10.0 Å². The number of hydrogen-bond acceptors (Lipinski definition) is 2. The van der Waals surface area contributed by atoms with E-state index in [-0.39, 0.29) is 11.4 Å². The second-order valence-corrected chi connectivity index (χ2v) is 7.41. The number of nitrogens with one attached hydrogen (secondary N) is 1. The molecule has 0 amide bonds. The summed E-state index contributed by atoms with van der Waals surface area (Å²) in [4.78, 5) is 0.230.